The van der Waals surface area contributed by atoms with Crippen molar-refractivity contribution < 1.29 is 14.3 Å². The van der Waals surface area contributed by atoms with Crippen molar-refractivity contribution in [1.82, 2.24) is 4.98 Å². The second-order valence-corrected chi connectivity index (χ2v) is 4.84. The number of hydrogen-bond acceptors (Lipinski definition) is 4. The molecule has 0 aliphatic heterocycles. The molecule has 1 heterocycles. The number of nitrogens with one attached hydrogen (secondary N) is 1. The van der Waals surface area contributed by atoms with E-state index in [2.05, 4.69) is 10.3 Å². The van der Waals surface area contributed by atoms with Crippen molar-refractivity contribution in [2.75, 3.05) is 19.5 Å². The second-order valence-electron chi connectivity index (χ2n) is 4.00. The minimum atomic E-state index is -0.417. The number of aromatic nitrogens is 1. The van der Waals surface area contributed by atoms with E-state index in [0.717, 1.165) is 0 Å². The molecule has 21 heavy (non-hydrogen) atoms. The van der Waals surface area contributed by atoms with Gasteiger partial charge in [-0.2, -0.15) is 0 Å². The third-order valence-corrected chi connectivity index (χ3v) is 3.21. The molecule has 0 fully saturated rings. The molecule has 5 nitrogen and oxygen atoms in total. The lowest BCUT2D eigenvalue weighted by Gasteiger charge is -2.13. The van der Waals surface area contributed by atoms with Gasteiger partial charge in [0.15, 0.2) is 0 Å². The number of carbonyl (C=O) groups is 1. The number of rotatable bonds is 4. The molecule has 1 aromatic carbocycles. The minimum absolute atomic E-state index is 0.193. The van der Waals surface area contributed by atoms with Crippen LogP contribution in [0.2, 0.25) is 10.0 Å². The lowest BCUT2D eigenvalue weighted by Crippen LogP contribution is -2.14. The molecular formula is C14H12Cl2N2O3. The molecule has 2 aromatic rings. The summed E-state index contributed by atoms with van der Waals surface area (Å²) < 4.78 is 10.3. The van der Waals surface area contributed by atoms with Crippen LogP contribution in [0.3, 0.4) is 0 Å². The summed E-state index contributed by atoms with van der Waals surface area (Å²) in [6, 6.07) is 6.19. The number of amides is 1. The average molecular weight is 327 g/mol. The fourth-order valence-corrected chi connectivity index (χ4v) is 2.06. The molecule has 1 N–H and O–H groups in total. The molecular weight excluding hydrogens is 315 g/mol. The van der Waals surface area contributed by atoms with Crippen LogP contribution in [0.25, 0.3) is 0 Å². The molecule has 0 atom stereocenters. The smallest absolute Gasteiger partial charge is 0.274 e. The standard InChI is InChI=1S/C14H12Cl2N2O3/c1-20-12-7-10(13(21-2)6-9(12)16)18-14(19)11-5-8(15)3-4-17-11/h3-7H,1-2H3,(H,18,19). The normalized spacial score (nSPS) is 10.1. The SMILES string of the molecule is COc1cc(NC(=O)c2cc(Cl)ccn2)c(OC)cc1Cl. The number of carbonyl (C=O) groups excluding carboxylic acids is 1. The predicted molar refractivity (Wildman–Crippen MR) is 81.8 cm³/mol. The molecule has 0 spiro atoms. The maximum absolute atomic E-state index is 12.2. The first-order valence-electron chi connectivity index (χ1n) is 5.89. The third-order valence-electron chi connectivity index (χ3n) is 2.68. The molecule has 0 radical (unpaired) electrons. The van der Waals surface area contributed by atoms with Gasteiger partial charge in [-0.05, 0) is 12.1 Å². The van der Waals surface area contributed by atoms with Gasteiger partial charge in [0.25, 0.3) is 5.91 Å². The van der Waals surface area contributed by atoms with Crippen molar-refractivity contribution in [3.8, 4) is 11.5 Å². The van der Waals surface area contributed by atoms with Gasteiger partial charge in [0.1, 0.15) is 17.2 Å². The number of halogens is 2. The number of hydrogen-bond donors (Lipinski definition) is 1. The van der Waals surface area contributed by atoms with E-state index < -0.39 is 5.91 Å². The molecule has 0 unspecified atom stereocenters. The van der Waals surface area contributed by atoms with E-state index in [9.17, 15) is 4.79 Å². The summed E-state index contributed by atoms with van der Waals surface area (Å²) in [5.74, 6) is 0.420. The highest BCUT2D eigenvalue weighted by Gasteiger charge is 2.14. The quantitative estimate of drug-likeness (QED) is 0.931. The fraction of sp³-hybridized carbons (Fsp3) is 0.143. The van der Waals surface area contributed by atoms with Crippen LogP contribution in [0.4, 0.5) is 5.69 Å². The second kappa shape index (κ2) is 6.65. The van der Waals surface area contributed by atoms with E-state index in [1.54, 1.807) is 18.2 Å². The topological polar surface area (TPSA) is 60.5 Å². The zero-order valence-electron chi connectivity index (χ0n) is 11.3. The maximum Gasteiger partial charge on any atom is 0.274 e. The highest BCUT2D eigenvalue weighted by Crippen LogP contribution is 2.36. The van der Waals surface area contributed by atoms with Crippen LogP contribution in [0, 0.1) is 0 Å². The van der Waals surface area contributed by atoms with Gasteiger partial charge in [-0.25, -0.2) is 0 Å². The van der Waals surface area contributed by atoms with Crippen LogP contribution in [-0.4, -0.2) is 25.1 Å². The first kappa shape index (κ1) is 15.4. The molecule has 0 aliphatic carbocycles. The summed E-state index contributed by atoms with van der Waals surface area (Å²) in [7, 11) is 2.96. The Morgan fingerprint density at radius 1 is 1.14 bits per heavy atom. The van der Waals surface area contributed by atoms with Gasteiger partial charge >= 0.3 is 0 Å². The van der Waals surface area contributed by atoms with Crippen molar-refractivity contribution >= 4 is 34.8 Å². The highest BCUT2D eigenvalue weighted by atomic mass is 35.5. The predicted octanol–water partition coefficient (Wildman–Crippen LogP) is 3.66. The monoisotopic (exact) mass is 326 g/mol. The van der Waals surface area contributed by atoms with E-state index in [-0.39, 0.29) is 5.69 Å². The Hall–Kier alpha value is -1.98. The van der Waals surface area contributed by atoms with Gasteiger partial charge in [0.2, 0.25) is 0 Å². The lowest BCUT2D eigenvalue weighted by atomic mass is 10.2. The molecule has 1 amide bonds. The molecule has 0 saturated carbocycles. The van der Waals surface area contributed by atoms with Crippen LogP contribution in [-0.2, 0) is 0 Å². The van der Waals surface area contributed by atoms with E-state index in [1.807, 2.05) is 0 Å². The van der Waals surface area contributed by atoms with Crippen molar-refractivity contribution in [1.29, 1.82) is 0 Å². The van der Waals surface area contributed by atoms with Gasteiger partial charge in [-0.1, -0.05) is 23.2 Å². The van der Waals surface area contributed by atoms with Gasteiger partial charge in [-0.15, -0.1) is 0 Å². The number of ether oxygens (including phenoxy) is 2. The summed E-state index contributed by atoms with van der Waals surface area (Å²) >= 11 is 11.8. The molecule has 110 valence electrons. The summed E-state index contributed by atoms with van der Waals surface area (Å²) in [6.45, 7) is 0. The van der Waals surface area contributed by atoms with Crippen LogP contribution in [0.15, 0.2) is 30.5 Å². The number of pyridine rings is 1. The van der Waals surface area contributed by atoms with Gasteiger partial charge < -0.3 is 14.8 Å². The van der Waals surface area contributed by atoms with Gasteiger partial charge in [-0.3, -0.25) is 9.78 Å². The highest BCUT2D eigenvalue weighted by molar-refractivity contribution is 6.32. The Bertz CT molecular complexity index is 677. The Kier molecular flexibility index (Phi) is 4.88. The van der Waals surface area contributed by atoms with E-state index in [4.69, 9.17) is 32.7 Å². The molecule has 0 saturated heterocycles. The Morgan fingerprint density at radius 2 is 1.86 bits per heavy atom. The first-order chi connectivity index (χ1) is 10.0. The zero-order chi connectivity index (χ0) is 15.4. The summed E-state index contributed by atoms with van der Waals surface area (Å²) in [4.78, 5) is 16.1. The lowest BCUT2D eigenvalue weighted by molar-refractivity contribution is 0.102. The molecule has 1 aromatic heterocycles. The first-order valence-corrected chi connectivity index (χ1v) is 6.65. The van der Waals surface area contributed by atoms with Crippen LogP contribution in [0.5, 0.6) is 11.5 Å². The molecule has 2 rings (SSSR count). The summed E-state index contributed by atoms with van der Waals surface area (Å²) in [5, 5.41) is 3.49. The summed E-state index contributed by atoms with van der Waals surface area (Å²) in [5.41, 5.74) is 0.615. The number of methoxy groups -OCH3 is 2. The van der Waals surface area contributed by atoms with Crippen molar-refractivity contribution in [3.63, 3.8) is 0 Å². The molecule has 0 aliphatic rings. The van der Waals surface area contributed by atoms with Crippen LogP contribution >= 0.6 is 23.2 Å². The van der Waals surface area contributed by atoms with Gasteiger partial charge in [0, 0.05) is 23.4 Å². The van der Waals surface area contributed by atoms with Crippen LogP contribution in [0.1, 0.15) is 10.5 Å². The number of nitrogens with zero attached hydrogens (tertiary/aromatic N) is 1. The zero-order valence-corrected chi connectivity index (χ0v) is 12.8. The number of anilines is 1. The van der Waals surface area contributed by atoms with Crippen molar-refractivity contribution in [3.05, 3.63) is 46.2 Å². The number of benzene rings is 1. The minimum Gasteiger partial charge on any atom is -0.495 e. The molecule has 0 bridgehead atoms. The van der Waals surface area contributed by atoms with Crippen LogP contribution < -0.4 is 14.8 Å². The van der Waals surface area contributed by atoms with Crippen molar-refractivity contribution in [2.45, 2.75) is 0 Å². The maximum atomic E-state index is 12.2. The van der Waals surface area contributed by atoms with Crippen molar-refractivity contribution in [2.24, 2.45) is 0 Å². The fourth-order valence-electron chi connectivity index (χ4n) is 1.67. The largest absolute Gasteiger partial charge is 0.495 e. The Morgan fingerprint density at radius 3 is 2.48 bits per heavy atom. The Balaban J connectivity index is 2.32. The average Bonchev–Trinajstić information content (AvgIpc) is 2.48. The van der Waals surface area contributed by atoms with E-state index in [1.165, 1.54) is 26.5 Å². The summed E-state index contributed by atoms with van der Waals surface area (Å²) in [6.07, 6.45) is 1.46. The Labute approximate surface area is 131 Å². The third kappa shape index (κ3) is 3.56. The van der Waals surface area contributed by atoms with E-state index >= 15 is 0 Å². The van der Waals surface area contributed by atoms with Gasteiger partial charge in [0.05, 0.1) is 24.9 Å². The van der Waals surface area contributed by atoms with E-state index in [0.29, 0.717) is 27.2 Å². The molecule has 7 heteroatoms.